The molecule has 25 heavy (non-hydrogen) atoms. The van der Waals surface area contributed by atoms with Crippen LogP contribution in [0.1, 0.15) is 5.56 Å². The highest BCUT2D eigenvalue weighted by Crippen LogP contribution is 2.21. The summed E-state index contributed by atoms with van der Waals surface area (Å²) in [7, 11) is 0. The van der Waals surface area contributed by atoms with Gasteiger partial charge in [-0.1, -0.05) is 36.9 Å². The van der Waals surface area contributed by atoms with E-state index < -0.39 is 11.8 Å². The zero-order chi connectivity index (χ0) is 17.8. The van der Waals surface area contributed by atoms with Gasteiger partial charge in [0, 0.05) is 16.6 Å². The van der Waals surface area contributed by atoms with Gasteiger partial charge in [-0.15, -0.1) is 0 Å². The van der Waals surface area contributed by atoms with Crippen molar-refractivity contribution in [3.63, 3.8) is 0 Å². The van der Waals surface area contributed by atoms with Crippen LogP contribution < -0.4 is 11.1 Å². The molecule has 0 saturated heterocycles. The van der Waals surface area contributed by atoms with Crippen molar-refractivity contribution in [2.75, 3.05) is 5.32 Å². The molecule has 2 amide bonds. The van der Waals surface area contributed by atoms with Crippen molar-refractivity contribution in [1.29, 1.82) is 0 Å². The van der Waals surface area contributed by atoms with Crippen LogP contribution in [0.3, 0.4) is 0 Å². The van der Waals surface area contributed by atoms with Gasteiger partial charge in [0.1, 0.15) is 0 Å². The molecule has 6 nitrogen and oxygen atoms in total. The van der Waals surface area contributed by atoms with Crippen LogP contribution in [0.2, 0.25) is 0 Å². The first-order chi connectivity index (χ1) is 12.0. The summed E-state index contributed by atoms with van der Waals surface area (Å²) in [5, 5.41) is 10.5. The van der Waals surface area contributed by atoms with Crippen LogP contribution in [0.4, 0.5) is 5.69 Å². The number of rotatable bonds is 6. The van der Waals surface area contributed by atoms with E-state index in [2.05, 4.69) is 22.1 Å². The summed E-state index contributed by atoms with van der Waals surface area (Å²) in [5.74, 6) is -1.74. The lowest BCUT2D eigenvalue weighted by Crippen LogP contribution is -2.31. The number of carbonyl (C=O) groups excluding carboxylic acids is 2. The Kier molecular flexibility index (Phi) is 4.61. The van der Waals surface area contributed by atoms with Gasteiger partial charge < -0.3 is 11.1 Å². The van der Waals surface area contributed by atoms with Gasteiger partial charge in [0.25, 0.3) is 0 Å². The average Bonchev–Trinajstić information content (AvgIpc) is 3.07. The molecule has 1 atom stereocenters. The van der Waals surface area contributed by atoms with E-state index in [1.807, 2.05) is 42.5 Å². The minimum atomic E-state index is -0.736. The maximum atomic E-state index is 12.7. The predicted molar refractivity (Wildman–Crippen MR) is 96.7 cm³/mol. The maximum absolute atomic E-state index is 12.7. The van der Waals surface area contributed by atoms with Crippen LogP contribution in [0, 0.1) is 5.92 Å². The molecule has 4 N–H and O–H groups in total. The van der Waals surface area contributed by atoms with E-state index >= 15 is 0 Å². The molecule has 0 saturated carbocycles. The molecule has 0 aliphatic rings. The third-order valence-electron chi connectivity index (χ3n) is 4.04. The van der Waals surface area contributed by atoms with E-state index in [9.17, 15) is 9.59 Å². The van der Waals surface area contributed by atoms with Crippen LogP contribution in [0.25, 0.3) is 10.9 Å². The number of nitrogens with one attached hydrogen (secondary N) is 2. The number of anilines is 1. The van der Waals surface area contributed by atoms with Crippen molar-refractivity contribution in [3.8, 4) is 0 Å². The van der Waals surface area contributed by atoms with Crippen molar-refractivity contribution in [2.45, 2.75) is 6.42 Å². The second-order valence-electron chi connectivity index (χ2n) is 5.79. The number of fused-ring (bicyclic) bond motifs is 1. The first-order valence-electron chi connectivity index (χ1n) is 7.81. The van der Waals surface area contributed by atoms with Gasteiger partial charge in [0.05, 0.1) is 17.6 Å². The Hall–Kier alpha value is -3.41. The quantitative estimate of drug-likeness (QED) is 0.603. The number of primary amides is 1. The molecule has 0 bridgehead atoms. The second kappa shape index (κ2) is 7.00. The molecule has 3 rings (SSSR count). The van der Waals surface area contributed by atoms with Crippen LogP contribution >= 0.6 is 0 Å². The number of aromatic nitrogens is 2. The van der Waals surface area contributed by atoms with Crippen LogP contribution in [-0.4, -0.2) is 22.0 Å². The first kappa shape index (κ1) is 16.4. The fourth-order valence-electron chi connectivity index (χ4n) is 2.65. The topological polar surface area (TPSA) is 101 Å². The fourth-order valence-corrected chi connectivity index (χ4v) is 2.65. The third kappa shape index (κ3) is 3.74. The van der Waals surface area contributed by atoms with Crippen molar-refractivity contribution in [1.82, 2.24) is 10.2 Å². The van der Waals surface area contributed by atoms with E-state index in [4.69, 9.17) is 5.73 Å². The Morgan fingerprint density at radius 3 is 2.68 bits per heavy atom. The normalized spacial score (nSPS) is 11.8. The highest BCUT2D eigenvalue weighted by atomic mass is 16.2. The SMILES string of the molecule is C=C(C(N)=O)[C@H](Cc1ccccc1)C(=O)Nc1ccc2[nH]ncc2c1. The minimum Gasteiger partial charge on any atom is -0.366 e. The number of carbonyl (C=O) groups is 2. The Morgan fingerprint density at radius 2 is 1.96 bits per heavy atom. The van der Waals surface area contributed by atoms with Gasteiger partial charge in [-0.3, -0.25) is 14.7 Å². The molecule has 1 aromatic heterocycles. The van der Waals surface area contributed by atoms with Crippen LogP contribution in [-0.2, 0) is 16.0 Å². The molecule has 0 spiro atoms. The van der Waals surface area contributed by atoms with E-state index in [1.165, 1.54) is 0 Å². The molecule has 6 heteroatoms. The Morgan fingerprint density at radius 1 is 1.20 bits per heavy atom. The summed E-state index contributed by atoms with van der Waals surface area (Å²) < 4.78 is 0. The maximum Gasteiger partial charge on any atom is 0.244 e. The smallest absolute Gasteiger partial charge is 0.244 e. The lowest BCUT2D eigenvalue weighted by Gasteiger charge is -2.17. The molecule has 1 heterocycles. The molecule has 2 aromatic carbocycles. The molecule has 126 valence electrons. The lowest BCUT2D eigenvalue weighted by molar-refractivity contribution is -0.122. The third-order valence-corrected chi connectivity index (χ3v) is 4.04. The van der Waals surface area contributed by atoms with Crippen LogP contribution in [0.15, 0.2) is 66.9 Å². The Labute approximate surface area is 144 Å². The molecular formula is C19H18N4O2. The number of nitrogens with two attached hydrogens (primary N) is 1. The number of hydrogen-bond acceptors (Lipinski definition) is 3. The van der Waals surface area contributed by atoms with E-state index in [0.29, 0.717) is 12.1 Å². The molecule has 0 unspecified atom stereocenters. The molecule has 3 aromatic rings. The van der Waals surface area contributed by atoms with E-state index in [-0.39, 0.29) is 11.5 Å². The molecular weight excluding hydrogens is 316 g/mol. The molecule has 0 fully saturated rings. The summed E-state index contributed by atoms with van der Waals surface area (Å²) in [6.45, 7) is 3.70. The summed E-state index contributed by atoms with van der Waals surface area (Å²) in [4.78, 5) is 24.3. The van der Waals surface area contributed by atoms with E-state index in [1.54, 1.807) is 12.3 Å². The van der Waals surface area contributed by atoms with Gasteiger partial charge in [0.2, 0.25) is 11.8 Å². The highest BCUT2D eigenvalue weighted by molar-refractivity contribution is 6.03. The first-order valence-corrected chi connectivity index (χ1v) is 7.81. The summed E-state index contributed by atoms with van der Waals surface area (Å²) >= 11 is 0. The second-order valence-corrected chi connectivity index (χ2v) is 5.79. The number of benzene rings is 2. The Balaban J connectivity index is 1.82. The summed E-state index contributed by atoms with van der Waals surface area (Å²) in [6.07, 6.45) is 2.02. The number of hydrogen-bond donors (Lipinski definition) is 3. The molecule has 0 aliphatic heterocycles. The summed E-state index contributed by atoms with van der Waals surface area (Å²) in [6, 6.07) is 14.8. The Bertz CT molecular complexity index is 931. The zero-order valence-corrected chi connectivity index (χ0v) is 13.5. The van der Waals surface area contributed by atoms with Crippen molar-refractivity contribution >= 4 is 28.4 Å². The number of nitrogens with zero attached hydrogens (tertiary/aromatic N) is 1. The highest BCUT2D eigenvalue weighted by Gasteiger charge is 2.25. The van der Waals surface area contributed by atoms with Gasteiger partial charge in [-0.05, 0) is 30.2 Å². The minimum absolute atomic E-state index is 0.0887. The van der Waals surface area contributed by atoms with Gasteiger partial charge in [0.15, 0.2) is 0 Å². The van der Waals surface area contributed by atoms with Crippen molar-refractivity contribution in [3.05, 3.63) is 72.4 Å². The molecule has 0 aliphatic carbocycles. The van der Waals surface area contributed by atoms with Gasteiger partial charge in [-0.2, -0.15) is 5.10 Å². The summed E-state index contributed by atoms with van der Waals surface area (Å²) in [5.41, 5.74) is 7.86. The van der Waals surface area contributed by atoms with Gasteiger partial charge >= 0.3 is 0 Å². The predicted octanol–water partition coefficient (Wildman–Crippen LogP) is 2.40. The number of H-pyrrole nitrogens is 1. The van der Waals surface area contributed by atoms with Crippen LogP contribution in [0.5, 0.6) is 0 Å². The number of amides is 2. The fraction of sp³-hybridized carbons (Fsp3) is 0.105. The van der Waals surface area contributed by atoms with E-state index in [0.717, 1.165) is 16.5 Å². The average molecular weight is 334 g/mol. The molecule has 0 radical (unpaired) electrons. The standard InChI is InChI=1S/C19H18N4O2/c1-12(18(20)24)16(9-13-5-3-2-4-6-13)19(25)22-15-7-8-17-14(10-15)11-21-23-17/h2-8,10-11,16H,1,9H2,(H2,20,24)(H,21,23)(H,22,25)/t16-/m0/s1. The van der Waals surface area contributed by atoms with Crippen molar-refractivity contribution in [2.24, 2.45) is 11.7 Å². The lowest BCUT2D eigenvalue weighted by atomic mass is 9.91. The number of aromatic amines is 1. The van der Waals surface area contributed by atoms with Gasteiger partial charge in [-0.25, -0.2) is 0 Å². The monoisotopic (exact) mass is 334 g/mol. The van der Waals surface area contributed by atoms with Crippen molar-refractivity contribution < 1.29 is 9.59 Å². The zero-order valence-electron chi connectivity index (χ0n) is 13.5. The largest absolute Gasteiger partial charge is 0.366 e.